The maximum absolute atomic E-state index is 12.5. The van der Waals surface area contributed by atoms with Crippen molar-refractivity contribution in [3.05, 3.63) is 47.5 Å². The first kappa shape index (κ1) is 20.0. The number of nitrogens with one attached hydrogen (secondary N) is 2. The molecule has 142 valence electrons. The molecule has 2 amide bonds. The summed E-state index contributed by atoms with van der Waals surface area (Å²) in [6.45, 7) is 0. The number of primary amides is 1. The van der Waals surface area contributed by atoms with Crippen LogP contribution in [-0.4, -0.2) is 38.3 Å². The van der Waals surface area contributed by atoms with Gasteiger partial charge < -0.3 is 25.3 Å². The van der Waals surface area contributed by atoms with Gasteiger partial charge in [-0.15, -0.1) is 0 Å². The largest absolute Gasteiger partial charge is 0.493 e. The van der Waals surface area contributed by atoms with E-state index in [1.165, 1.54) is 39.5 Å². The summed E-state index contributed by atoms with van der Waals surface area (Å²) in [6.07, 6.45) is 0. The Morgan fingerprint density at radius 1 is 0.963 bits per heavy atom. The average molecular weight is 389 g/mol. The van der Waals surface area contributed by atoms with E-state index in [4.69, 9.17) is 32.2 Å². The second-order valence-corrected chi connectivity index (χ2v) is 5.68. The van der Waals surface area contributed by atoms with Crippen molar-refractivity contribution in [2.45, 2.75) is 0 Å². The number of ether oxygens (including phenoxy) is 3. The number of hydrogen-bond acceptors (Lipinski definition) is 6. The standard InChI is InChI=1S/C18H19N3O5S/c1-24-13-8-11(9-14(25-2)15(13)26-3)17(23)21-18(27)20-12-6-4-5-10(7-12)16(19)22/h4-9H,1-3H3,(H2,19,22)(H2,20,21,23,27). The number of carbonyl (C=O) groups is 2. The van der Waals surface area contributed by atoms with E-state index in [0.29, 0.717) is 28.5 Å². The van der Waals surface area contributed by atoms with E-state index in [9.17, 15) is 9.59 Å². The zero-order valence-electron chi connectivity index (χ0n) is 15.0. The van der Waals surface area contributed by atoms with Gasteiger partial charge in [0.15, 0.2) is 16.6 Å². The lowest BCUT2D eigenvalue weighted by molar-refractivity contribution is 0.0974. The number of benzene rings is 2. The summed E-state index contributed by atoms with van der Waals surface area (Å²) in [5, 5.41) is 5.42. The van der Waals surface area contributed by atoms with Gasteiger partial charge in [-0.2, -0.15) is 0 Å². The highest BCUT2D eigenvalue weighted by molar-refractivity contribution is 7.80. The van der Waals surface area contributed by atoms with Crippen LogP contribution in [0.4, 0.5) is 5.69 Å². The van der Waals surface area contributed by atoms with E-state index < -0.39 is 11.8 Å². The van der Waals surface area contributed by atoms with Crippen LogP contribution in [0.1, 0.15) is 20.7 Å². The van der Waals surface area contributed by atoms with Gasteiger partial charge >= 0.3 is 0 Å². The van der Waals surface area contributed by atoms with Gasteiger partial charge in [0.1, 0.15) is 0 Å². The fourth-order valence-corrected chi connectivity index (χ4v) is 2.51. The maximum atomic E-state index is 12.5. The van der Waals surface area contributed by atoms with Gasteiger partial charge in [-0.05, 0) is 42.5 Å². The van der Waals surface area contributed by atoms with E-state index in [0.717, 1.165) is 0 Å². The molecule has 0 aromatic heterocycles. The molecule has 2 aromatic carbocycles. The maximum Gasteiger partial charge on any atom is 0.257 e. The van der Waals surface area contributed by atoms with Gasteiger partial charge in [0.25, 0.3) is 5.91 Å². The van der Waals surface area contributed by atoms with Crippen LogP contribution < -0.4 is 30.6 Å². The van der Waals surface area contributed by atoms with Crippen molar-refractivity contribution < 1.29 is 23.8 Å². The van der Waals surface area contributed by atoms with Gasteiger partial charge in [-0.3, -0.25) is 14.9 Å². The molecule has 0 unspecified atom stereocenters. The zero-order valence-corrected chi connectivity index (χ0v) is 15.8. The molecule has 2 aromatic rings. The summed E-state index contributed by atoms with van der Waals surface area (Å²) >= 11 is 5.15. The predicted molar refractivity (Wildman–Crippen MR) is 105 cm³/mol. The molecule has 0 radical (unpaired) electrons. The number of carbonyl (C=O) groups excluding carboxylic acids is 2. The van der Waals surface area contributed by atoms with E-state index in [1.54, 1.807) is 18.2 Å². The first-order chi connectivity index (χ1) is 12.9. The molecule has 0 heterocycles. The van der Waals surface area contributed by atoms with Crippen LogP contribution in [0.3, 0.4) is 0 Å². The molecule has 27 heavy (non-hydrogen) atoms. The molecule has 0 bridgehead atoms. The minimum absolute atomic E-state index is 0.0513. The second kappa shape index (κ2) is 8.86. The number of hydrogen-bond donors (Lipinski definition) is 3. The first-order valence-electron chi connectivity index (χ1n) is 7.71. The monoisotopic (exact) mass is 389 g/mol. The number of methoxy groups -OCH3 is 3. The Bertz CT molecular complexity index is 860. The average Bonchev–Trinajstić information content (AvgIpc) is 2.66. The number of thiocarbonyl (C=S) groups is 1. The normalized spacial score (nSPS) is 9.89. The van der Waals surface area contributed by atoms with Crippen LogP contribution in [0.15, 0.2) is 36.4 Å². The molecule has 0 saturated carbocycles. The molecular weight excluding hydrogens is 370 g/mol. The molecule has 0 saturated heterocycles. The Labute approximate surface area is 161 Å². The molecule has 0 atom stereocenters. The van der Waals surface area contributed by atoms with Crippen LogP contribution in [-0.2, 0) is 0 Å². The summed E-state index contributed by atoms with van der Waals surface area (Å²) in [4.78, 5) is 23.7. The van der Waals surface area contributed by atoms with Crippen molar-refractivity contribution in [1.29, 1.82) is 0 Å². The lowest BCUT2D eigenvalue weighted by Gasteiger charge is -2.14. The summed E-state index contributed by atoms with van der Waals surface area (Å²) in [5.41, 5.74) is 6.34. The molecule has 0 fully saturated rings. The van der Waals surface area contributed by atoms with Crippen LogP contribution >= 0.6 is 12.2 Å². The Morgan fingerprint density at radius 2 is 1.59 bits per heavy atom. The highest BCUT2D eigenvalue weighted by atomic mass is 32.1. The van der Waals surface area contributed by atoms with Crippen LogP contribution in [0, 0.1) is 0 Å². The van der Waals surface area contributed by atoms with Gasteiger partial charge in [0, 0.05) is 16.8 Å². The van der Waals surface area contributed by atoms with E-state index >= 15 is 0 Å². The van der Waals surface area contributed by atoms with Crippen LogP contribution in [0.2, 0.25) is 0 Å². The number of rotatable bonds is 6. The van der Waals surface area contributed by atoms with E-state index in [2.05, 4.69) is 10.6 Å². The van der Waals surface area contributed by atoms with E-state index in [-0.39, 0.29) is 10.7 Å². The summed E-state index contributed by atoms with van der Waals surface area (Å²) in [7, 11) is 4.38. The molecule has 0 spiro atoms. The SMILES string of the molecule is COc1cc(C(=O)NC(=S)Nc2cccc(C(N)=O)c2)cc(OC)c1OC. The van der Waals surface area contributed by atoms with Crippen LogP contribution in [0.5, 0.6) is 17.2 Å². The van der Waals surface area contributed by atoms with Crippen molar-refractivity contribution in [3.63, 3.8) is 0 Å². The fourth-order valence-electron chi connectivity index (χ4n) is 2.30. The second-order valence-electron chi connectivity index (χ2n) is 5.27. The molecule has 0 aliphatic carbocycles. The van der Waals surface area contributed by atoms with Crippen molar-refractivity contribution in [2.75, 3.05) is 26.6 Å². The molecule has 0 aliphatic heterocycles. The summed E-state index contributed by atoms with van der Waals surface area (Å²) < 4.78 is 15.7. The van der Waals surface area contributed by atoms with Gasteiger partial charge in [0.05, 0.1) is 21.3 Å². The van der Waals surface area contributed by atoms with Gasteiger partial charge in [-0.25, -0.2) is 0 Å². The third kappa shape index (κ3) is 4.85. The lowest BCUT2D eigenvalue weighted by Crippen LogP contribution is -2.34. The number of amides is 2. The quantitative estimate of drug-likeness (QED) is 0.647. The molecule has 8 nitrogen and oxygen atoms in total. The highest BCUT2D eigenvalue weighted by Crippen LogP contribution is 2.38. The number of nitrogens with two attached hydrogens (primary N) is 1. The Morgan fingerprint density at radius 3 is 2.11 bits per heavy atom. The Hall–Kier alpha value is -3.33. The topological polar surface area (TPSA) is 112 Å². The third-order valence-electron chi connectivity index (χ3n) is 3.56. The van der Waals surface area contributed by atoms with E-state index in [1.807, 2.05) is 0 Å². The fraction of sp³-hybridized carbons (Fsp3) is 0.167. The summed E-state index contributed by atoms with van der Waals surface area (Å²) in [6, 6.07) is 9.45. The zero-order chi connectivity index (χ0) is 20.0. The summed E-state index contributed by atoms with van der Waals surface area (Å²) in [5.74, 6) is 0.0226. The highest BCUT2D eigenvalue weighted by Gasteiger charge is 2.17. The molecule has 9 heteroatoms. The minimum atomic E-state index is -0.564. The van der Waals surface area contributed by atoms with Crippen LogP contribution in [0.25, 0.3) is 0 Å². The van der Waals surface area contributed by atoms with Gasteiger partial charge in [0.2, 0.25) is 11.7 Å². The van der Waals surface area contributed by atoms with Crippen molar-refractivity contribution in [3.8, 4) is 17.2 Å². The molecular formula is C18H19N3O5S. The smallest absolute Gasteiger partial charge is 0.257 e. The van der Waals surface area contributed by atoms with Crippen molar-refractivity contribution in [2.24, 2.45) is 5.73 Å². The van der Waals surface area contributed by atoms with Crippen molar-refractivity contribution in [1.82, 2.24) is 5.32 Å². The van der Waals surface area contributed by atoms with Crippen molar-refractivity contribution >= 4 is 34.8 Å². The first-order valence-corrected chi connectivity index (χ1v) is 8.12. The number of anilines is 1. The lowest BCUT2D eigenvalue weighted by atomic mass is 10.1. The molecule has 2 rings (SSSR count). The Balaban J connectivity index is 2.16. The third-order valence-corrected chi connectivity index (χ3v) is 3.76. The Kier molecular flexibility index (Phi) is 6.56. The predicted octanol–water partition coefficient (Wildman–Crippen LogP) is 1.94. The minimum Gasteiger partial charge on any atom is -0.493 e. The molecule has 4 N–H and O–H groups in total. The van der Waals surface area contributed by atoms with Gasteiger partial charge in [-0.1, -0.05) is 6.07 Å². The molecule has 0 aliphatic rings.